The monoisotopic (exact) mass is 224 g/mol. The Morgan fingerprint density at radius 1 is 0.938 bits per heavy atom. The van der Waals surface area contributed by atoms with Gasteiger partial charge < -0.3 is 9.47 Å². The lowest BCUT2D eigenvalue weighted by Gasteiger charge is -2.24. The summed E-state index contributed by atoms with van der Waals surface area (Å²) in [6.45, 7) is 0. The maximum atomic E-state index is 11.7. The van der Waals surface area contributed by atoms with E-state index in [1.807, 2.05) is 0 Å². The van der Waals surface area contributed by atoms with Crippen molar-refractivity contribution in [3.05, 3.63) is 0 Å². The van der Waals surface area contributed by atoms with Crippen LogP contribution in [0, 0.1) is 17.3 Å². The van der Waals surface area contributed by atoms with Gasteiger partial charge in [0.2, 0.25) is 5.41 Å². The van der Waals surface area contributed by atoms with Crippen molar-refractivity contribution in [1.29, 1.82) is 0 Å². The van der Waals surface area contributed by atoms with Crippen LogP contribution in [0.3, 0.4) is 0 Å². The van der Waals surface area contributed by atoms with Gasteiger partial charge in [0.15, 0.2) is 5.78 Å². The summed E-state index contributed by atoms with van der Waals surface area (Å²) in [6, 6.07) is 0. The SMILES string of the molecule is O=C1OC(=O)C23C(=O)CC1C2C(=O)OC3=O. The van der Waals surface area contributed by atoms with Gasteiger partial charge in [-0.1, -0.05) is 0 Å². The minimum atomic E-state index is -2.20. The molecule has 0 aromatic carbocycles. The van der Waals surface area contributed by atoms with E-state index in [-0.39, 0.29) is 6.42 Å². The number of hydrogen-bond acceptors (Lipinski definition) is 7. The van der Waals surface area contributed by atoms with Crippen molar-refractivity contribution in [2.24, 2.45) is 17.3 Å². The summed E-state index contributed by atoms with van der Waals surface area (Å²) in [6.07, 6.45) is -0.323. The zero-order chi connectivity index (χ0) is 11.7. The third-order valence-corrected chi connectivity index (χ3v) is 3.30. The topological polar surface area (TPSA) is 104 Å². The van der Waals surface area contributed by atoms with Crippen LogP contribution in [-0.2, 0) is 33.4 Å². The largest absolute Gasteiger partial charge is 0.392 e. The number of esters is 4. The van der Waals surface area contributed by atoms with E-state index in [1.165, 1.54) is 0 Å². The van der Waals surface area contributed by atoms with Crippen molar-refractivity contribution < 1.29 is 33.4 Å². The van der Waals surface area contributed by atoms with Gasteiger partial charge in [-0.3, -0.25) is 14.4 Å². The number of carbonyl (C=O) groups is 5. The first-order valence-corrected chi connectivity index (χ1v) is 4.55. The molecule has 0 radical (unpaired) electrons. The molecule has 0 aromatic rings. The predicted molar refractivity (Wildman–Crippen MR) is 41.2 cm³/mol. The van der Waals surface area contributed by atoms with Crippen LogP contribution in [0.2, 0.25) is 0 Å². The molecule has 2 bridgehead atoms. The number of ether oxygens (including phenoxy) is 2. The zero-order valence-electron chi connectivity index (χ0n) is 7.72. The van der Waals surface area contributed by atoms with Gasteiger partial charge in [-0.2, -0.15) is 0 Å². The summed E-state index contributed by atoms with van der Waals surface area (Å²) >= 11 is 0. The van der Waals surface area contributed by atoms with Crippen LogP contribution in [-0.4, -0.2) is 29.7 Å². The second-order valence-electron chi connectivity index (χ2n) is 3.94. The normalized spacial score (nSPS) is 40.9. The summed E-state index contributed by atoms with van der Waals surface area (Å²) in [5.41, 5.74) is -2.20. The standard InChI is InChI=1S/C9H4O7/c10-3-1-2-4-6(12)16-8(14)9(3,4)7(13)15-5(2)11/h2,4H,1H2. The van der Waals surface area contributed by atoms with Crippen molar-refractivity contribution >= 4 is 29.7 Å². The highest BCUT2D eigenvalue weighted by molar-refractivity contribution is 6.32. The van der Waals surface area contributed by atoms with Gasteiger partial charge in [0, 0.05) is 6.42 Å². The summed E-state index contributed by atoms with van der Waals surface area (Å²) < 4.78 is 8.59. The Balaban J connectivity index is 2.29. The second-order valence-corrected chi connectivity index (χ2v) is 3.94. The highest BCUT2D eigenvalue weighted by Gasteiger charge is 2.78. The van der Waals surface area contributed by atoms with Crippen molar-refractivity contribution in [3.8, 4) is 0 Å². The quantitative estimate of drug-likeness (QED) is 0.358. The zero-order valence-corrected chi connectivity index (χ0v) is 7.72. The molecule has 2 aliphatic heterocycles. The van der Waals surface area contributed by atoms with Crippen LogP contribution in [0.5, 0.6) is 0 Å². The Morgan fingerprint density at radius 3 is 2.12 bits per heavy atom. The van der Waals surface area contributed by atoms with Crippen molar-refractivity contribution in [2.75, 3.05) is 0 Å². The molecule has 7 nitrogen and oxygen atoms in total. The second kappa shape index (κ2) is 2.37. The van der Waals surface area contributed by atoms with Crippen LogP contribution in [0.25, 0.3) is 0 Å². The predicted octanol–water partition coefficient (Wildman–Crippen LogP) is -1.66. The lowest BCUT2D eigenvalue weighted by atomic mass is 9.75. The van der Waals surface area contributed by atoms with Gasteiger partial charge in [-0.15, -0.1) is 0 Å². The van der Waals surface area contributed by atoms with E-state index in [4.69, 9.17) is 0 Å². The van der Waals surface area contributed by atoms with Crippen LogP contribution in [0.1, 0.15) is 6.42 Å². The Labute approximate surface area is 87.7 Å². The van der Waals surface area contributed by atoms with E-state index in [0.717, 1.165) is 0 Å². The maximum absolute atomic E-state index is 11.7. The Morgan fingerprint density at radius 2 is 1.50 bits per heavy atom. The molecule has 2 heterocycles. The molecule has 3 rings (SSSR count). The fourth-order valence-electron chi connectivity index (χ4n) is 2.56. The Kier molecular flexibility index (Phi) is 1.36. The number of cyclic esters (lactones) is 4. The summed E-state index contributed by atoms with van der Waals surface area (Å²) in [4.78, 5) is 57.3. The number of ketones is 1. The van der Waals surface area contributed by atoms with Gasteiger partial charge in [0.05, 0.1) is 5.92 Å². The molecule has 3 fully saturated rings. The number of carbonyl (C=O) groups excluding carboxylic acids is 5. The van der Waals surface area contributed by atoms with E-state index in [0.29, 0.717) is 0 Å². The van der Waals surface area contributed by atoms with Gasteiger partial charge in [0.25, 0.3) is 0 Å². The first-order chi connectivity index (χ1) is 7.49. The highest BCUT2D eigenvalue weighted by Crippen LogP contribution is 2.53. The molecule has 3 unspecified atom stereocenters. The molecule has 2 saturated heterocycles. The van der Waals surface area contributed by atoms with Crippen LogP contribution in [0.4, 0.5) is 0 Å². The molecule has 16 heavy (non-hydrogen) atoms. The average Bonchev–Trinajstić information content (AvgIpc) is 2.61. The van der Waals surface area contributed by atoms with Crippen LogP contribution < -0.4 is 0 Å². The molecule has 3 aliphatic rings. The first-order valence-electron chi connectivity index (χ1n) is 4.55. The number of hydrogen-bond donors (Lipinski definition) is 0. The van der Waals surface area contributed by atoms with Crippen LogP contribution >= 0.6 is 0 Å². The van der Waals surface area contributed by atoms with Gasteiger partial charge in [-0.05, 0) is 0 Å². The minimum Gasteiger partial charge on any atom is -0.392 e. The van der Waals surface area contributed by atoms with E-state index in [1.54, 1.807) is 0 Å². The Hall–Kier alpha value is -2.05. The van der Waals surface area contributed by atoms with Gasteiger partial charge in [-0.25, -0.2) is 9.59 Å². The smallest absolute Gasteiger partial charge is 0.339 e. The number of Topliss-reactive ketones (excluding diaryl/α,β-unsaturated/α-hetero) is 1. The van der Waals surface area contributed by atoms with Gasteiger partial charge in [0.1, 0.15) is 5.92 Å². The van der Waals surface area contributed by atoms with E-state index >= 15 is 0 Å². The molecule has 7 heteroatoms. The molecule has 82 valence electrons. The highest BCUT2D eigenvalue weighted by atomic mass is 16.6. The van der Waals surface area contributed by atoms with Crippen molar-refractivity contribution in [3.63, 3.8) is 0 Å². The van der Waals surface area contributed by atoms with E-state index < -0.39 is 46.9 Å². The molecule has 0 spiro atoms. The first kappa shape index (κ1) is 9.20. The molecule has 1 saturated carbocycles. The lowest BCUT2D eigenvalue weighted by Crippen LogP contribution is -2.50. The summed E-state index contributed by atoms with van der Waals surface area (Å²) in [7, 11) is 0. The minimum absolute atomic E-state index is 0.323. The van der Waals surface area contributed by atoms with Crippen LogP contribution in [0.15, 0.2) is 0 Å². The summed E-state index contributed by atoms with van der Waals surface area (Å²) in [5.74, 6) is -7.59. The maximum Gasteiger partial charge on any atom is 0.339 e. The third-order valence-electron chi connectivity index (χ3n) is 3.30. The lowest BCUT2D eigenvalue weighted by molar-refractivity contribution is -0.180. The third kappa shape index (κ3) is 0.679. The number of rotatable bonds is 0. The van der Waals surface area contributed by atoms with Crippen molar-refractivity contribution in [2.45, 2.75) is 6.42 Å². The molecule has 0 aromatic heterocycles. The van der Waals surface area contributed by atoms with E-state index in [9.17, 15) is 24.0 Å². The molecule has 0 N–H and O–H groups in total. The molecule has 0 amide bonds. The molecule has 1 aliphatic carbocycles. The fourth-order valence-corrected chi connectivity index (χ4v) is 2.56. The van der Waals surface area contributed by atoms with E-state index in [2.05, 4.69) is 9.47 Å². The van der Waals surface area contributed by atoms with Gasteiger partial charge >= 0.3 is 23.9 Å². The summed E-state index contributed by atoms with van der Waals surface area (Å²) in [5, 5.41) is 0. The molecule has 3 atom stereocenters. The molecular formula is C9H4O7. The fraction of sp³-hybridized carbons (Fsp3) is 0.444. The average molecular weight is 224 g/mol. The van der Waals surface area contributed by atoms with Crippen molar-refractivity contribution in [1.82, 2.24) is 0 Å². The molecular weight excluding hydrogens is 220 g/mol. The Bertz CT molecular complexity index is 490.